The van der Waals surface area contributed by atoms with Gasteiger partial charge in [-0.15, -0.1) is 0 Å². The molecule has 1 aliphatic rings. The lowest BCUT2D eigenvalue weighted by Gasteiger charge is -2.44. The lowest BCUT2D eigenvalue weighted by Crippen LogP contribution is -2.63. The van der Waals surface area contributed by atoms with Gasteiger partial charge in [0.2, 0.25) is 5.91 Å². The van der Waals surface area contributed by atoms with Crippen LogP contribution >= 0.6 is 11.6 Å². The van der Waals surface area contributed by atoms with Crippen LogP contribution in [0.5, 0.6) is 0 Å². The first-order valence-corrected chi connectivity index (χ1v) is 6.41. The van der Waals surface area contributed by atoms with Gasteiger partial charge in [0.15, 0.2) is 0 Å². The van der Waals surface area contributed by atoms with E-state index < -0.39 is 5.54 Å². The number of hydrogen-bond donors (Lipinski definition) is 0. The Hall–Kier alpha value is -1.62. The van der Waals surface area contributed by atoms with Crippen molar-refractivity contribution in [3.8, 4) is 0 Å². The maximum Gasteiger partial charge on any atom is 0.273 e. The predicted octanol–water partition coefficient (Wildman–Crippen LogP) is 1.43. The summed E-state index contributed by atoms with van der Waals surface area (Å²) in [5.41, 5.74) is -0.605. The maximum atomic E-state index is 12.5. The molecule has 0 aliphatic carbocycles. The molecule has 2 rings (SSSR count). The summed E-state index contributed by atoms with van der Waals surface area (Å²) >= 11 is 5.86. The molecular formula is C13H16ClN3O2. The van der Waals surface area contributed by atoms with E-state index >= 15 is 0 Å². The molecule has 0 N–H and O–H groups in total. The Morgan fingerprint density at radius 3 is 2.74 bits per heavy atom. The molecule has 0 atom stereocenters. The van der Waals surface area contributed by atoms with E-state index in [-0.39, 0.29) is 17.5 Å². The van der Waals surface area contributed by atoms with Crippen molar-refractivity contribution in [3.05, 3.63) is 29.0 Å². The van der Waals surface area contributed by atoms with Crippen molar-refractivity contribution in [2.75, 3.05) is 20.1 Å². The molecule has 1 aromatic rings. The molecule has 1 saturated heterocycles. The summed E-state index contributed by atoms with van der Waals surface area (Å²) in [5.74, 6) is -0.344. The van der Waals surface area contributed by atoms with E-state index in [1.54, 1.807) is 36.8 Å². The molecule has 0 saturated carbocycles. The average Bonchev–Trinajstić information content (AvgIpc) is 2.35. The molecule has 0 spiro atoms. The molecule has 1 aliphatic heterocycles. The molecule has 0 radical (unpaired) electrons. The molecule has 1 fully saturated rings. The Morgan fingerprint density at radius 1 is 1.42 bits per heavy atom. The normalized spacial score (nSPS) is 18.6. The van der Waals surface area contributed by atoms with Gasteiger partial charge in [0, 0.05) is 31.4 Å². The number of nitrogens with zero attached hydrogens (tertiary/aromatic N) is 3. The van der Waals surface area contributed by atoms with Crippen LogP contribution in [-0.2, 0) is 4.79 Å². The zero-order chi connectivity index (χ0) is 14.2. The zero-order valence-electron chi connectivity index (χ0n) is 11.2. The second-order valence-electron chi connectivity index (χ2n) is 5.10. The predicted molar refractivity (Wildman–Crippen MR) is 72.0 cm³/mol. The Kier molecular flexibility index (Phi) is 3.49. The second-order valence-corrected chi connectivity index (χ2v) is 5.54. The number of likely N-dealkylation sites (N-methyl/N-ethyl adjacent to an activating group) is 1. The molecule has 2 heterocycles. The van der Waals surface area contributed by atoms with Crippen LogP contribution in [0, 0.1) is 0 Å². The van der Waals surface area contributed by atoms with Gasteiger partial charge in [0.05, 0.1) is 0 Å². The molecule has 1 aromatic heterocycles. The summed E-state index contributed by atoms with van der Waals surface area (Å²) in [5, 5.41) is 0.455. The monoisotopic (exact) mass is 281 g/mol. The SMILES string of the molecule is CN1CCN(C(=O)c2cc(Cl)ccn2)C(C)(C)C1=O. The van der Waals surface area contributed by atoms with Crippen LogP contribution < -0.4 is 0 Å². The van der Waals surface area contributed by atoms with Crippen LogP contribution in [-0.4, -0.2) is 52.3 Å². The van der Waals surface area contributed by atoms with Crippen LogP contribution in [0.3, 0.4) is 0 Å². The van der Waals surface area contributed by atoms with E-state index in [1.165, 1.54) is 12.3 Å². The largest absolute Gasteiger partial charge is 0.342 e. The third-order valence-corrected chi connectivity index (χ3v) is 3.63. The van der Waals surface area contributed by atoms with Gasteiger partial charge in [-0.05, 0) is 26.0 Å². The van der Waals surface area contributed by atoms with E-state index in [0.29, 0.717) is 18.1 Å². The second kappa shape index (κ2) is 4.81. The van der Waals surface area contributed by atoms with Gasteiger partial charge in [-0.25, -0.2) is 0 Å². The van der Waals surface area contributed by atoms with E-state index in [4.69, 9.17) is 11.6 Å². The number of amides is 2. The van der Waals surface area contributed by atoms with Crippen molar-refractivity contribution in [1.29, 1.82) is 0 Å². The summed E-state index contributed by atoms with van der Waals surface area (Å²) in [6.07, 6.45) is 1.49. The molecule has 102 valence electrons. The van der Waals surface area contributed by atoms with Gasteiger partial charge in [-0.1, -0.05) is 11.6 Å². The molecular weight excluding hydrogens is 266 g/mol. The molecule has 2 amide bonds. The van der Waals surface area contributed by atoms with Gasteiger partial charge < -0.3 is 9.80 Å². The van der Waals surface area contributed by atoms with E-state index in [0.717, 1.165) is 0 Å². The van der Waals surface area contributed by atoms with Crippen LogP contribution in [0.2, 0.25) is 5.02 Å². The number of carbonyl (C=O) groups is 2. The first kappa shape index (κ1) is 13.8. The third-order valence-electron chi connectivity index (χ3n) is 3.39. The number of pyridine rings is 1. The Labute approximate surface area is 117 Å². The van der Waals surface area contributed by atoms with Crippen molar-refractivity contribution >= 4 is 23.4 Å². The van der Waals surface area contributed by atoms with Crippen LogP contribution in [0.1, 0.15) is 24.3 Å². The lowest BCUT2D eigenvalue weighted by molar-refractivity contribution is -0.144. The average molecular weight is 282 g/mol. The Bertz CT molecular complexity index is 530. The highest BCUT2D eigenvalue weighted by atomic mass is 35.5. The quantitative estimate of drug-likeness (QED) is 0.782. The first-order chi connectivity index (χ1) is 8.84. The van der Waals surface area contributed by atoms with Crippen molar-refractivity contribution < 1.29 is 9.59 Å². The Morgan fingerprint density at radius 2 is 2.11 bits per heavy atom. The van der Waals surface area contributed by atoms with Gasteiger partial charge in [-0.2, -0.15) is 0 Å². The fourth-order valence-corrected chi connectivity index (χ4v) is 2.39. The van der Waals surface area contributed by atoms with Crippen molar-refractivity contribution in [2.45, 2.75) is 19.4 Å². The minimum absolute atomic E-state index is 0.0749. The van der Waals surface area contributed by atoms with Gasteiger partial charge in [0.25, 0.3) is 5.91 Å². The molecule has 6 heteroatoms. The molecule has 0 bridgehead atoms. The zero-order valence-corrected chi connectivity index (χ0v) is 11.9. The number of piperazine rings is 1. The van der Waals surface area contributed by atoms with E-state index in [2.05, 4.69) is 4.98 Å². The summed E-state index contributed by atoms with van der Waals surface area (Å²) < 4.78 is 0. The lowest BCUT2D eigenvalue weighted by atomic mass is 9.97. The third kappa shape index (κ3) is 2.42. The van der Waals surface area contributed by atoms with Crippen LogP contribution in [0.25, 0.3) is 0 Å². The highest BCUT2D eigenvalue weighted by molar-refractivity contribution is 6.30. The first-order valence-electron chi connectivity index (χ1n) is 6.03. The highest BCUT2D eigenvalue weighted by Gasteiger charge is 2.43. The summed E-state index contributed by atoms with van der Waals surface area (Å²) in [4.78, 5) is 31.8. The summed E-state index contributed by atoms with van der Waals surface area (Å²) in [7, 11) is 1.74. The van der Waals surface area contributed by atoms with Crippen molar-refractivity contribution in [3.63, 3.8) is 0 Å². The summed E-state index contributed by atoms with van der Waals surface area (Å²) in [6.45, 7) is 4.50. The van der Waals surface area contributed by atoms with Gasteiger partial charge in [-0.3, -0.25) is 14.6 Å². The number of carbonyl (C=O) groups excluding carboxylic acids is 2. The van der Waals surface area contributed by atoms with Crippen molar-refractivity contribution in [1.82, 2.24) is 14.8 Å². The fourth-order valence-electron chi connectivity index (χ4n) is 2.23. The van der Waals surface area contributed by atoms with Gasteiger partial charge in [0.1, 0.15) is 11.2 Å². The number of aromatic nitrogens is 1. The number of hydrogen-bond acceptors (Lipinski definition) is 3. The smallest absolute Gasteiger partial charge is 0.273 e. The highest BCUT2D eigenvalue weighted by Crippen LogP contribution is 2.24. The van der Waals surface area contributed by atoms with E-state index in [9.17, 15) is 9.59 Å². The standard InChI is InChI=1S/C13H16ClN3O2/c1-13(2)12(19)16(3)6-7-17(13)11(18)10-8-9(14)4-5-15-10/h4-5,8H,6-7H2,1-3H3. The molecule has 0 aromatic carbocycles. The van der Waals surface area contributed by atoms with E-state index in [1.807, 2.05) is 0 Å². The minimum atomic E-state index is -0.867. The minimum Gasteiger partial charge on any atom is -0.342 e. The van der Waals surface area contributed by atoms with Crippen LogP contribution in [0.15, 0.2) is 18.3 Å². The van der Waals surface area contributed by atoms with Crippen molar-refractivity contribution in [2.24, 2.45) is 0 Å². The topological polar surface area (TPSA) is 53.5 Å². The molecule has 19 heavy (non-hydrogen) atoms. The fraction of sp³-hybridized carbons (Fsp3) is 0.462. The van der Waals surface area contributed by atoms with Crippen LogP contribution in [0.4, 0.5) is 0 Å². The van der Waals surface area contributed by atoms with Gasteiger partial charge >= 0.3 is 0 Å². The molecule has 0 unspecified atom stereocenters. The number of rotatable bonds is 1. The molecule has 5 nitrogen and oxygen atoms in total. The maximum absolute atomic E-state index is 12.5. The Balaban J connectivity index is 2.31. The summed E-state index contributed by atoms with van der Waals surface area (Å²) in [6, 6.07) is 3.13. The number of halogens is 1.